The summed E-state index contributed by atoms with van der Waals surface area (Å²) in [6, 6.07) is 8.50. The zero-order valence-electron chi connectivity index (χ0n) is 23.7. The summed E-state index contributed by atoms with van der Waals surface area (Å²) < 4.78 is 0. The Balaban J connectivity index is 1.48. The predicted octanol–water partition coefficient (Wildman–Crippen LogP) is 4.42. The summed E-state index contributed by atoms with van der Waals surface area (Å²) in [4.78, 5) is 27.0. The van der Waals surface area contributed by atoms with Crippen molar-refractivity contribution in [2.75, 3.05) is 50.1 Å². The van der Waals surface area contributed by atoms with E-state index < -0.39 is 0 Å². The molecule has 206 valence electrons. The Labute approximate surface area is 233 Å². The van der Waals surface area contributed by atoms with Gasteiger partial charge in [-0.3, -0.25) is 9.79 Å². The minimum absolute atomic E-state index is 0.00672. The van der Waals surface area contributed by atoms with Crippen LogP contribution in [0.1, 0.15) is 46.3 Å². The lowest BCUT2D eigenvalue weighted by Crippen LogP contribution is -2.47. The SMILES string of the molecule is C#C/C=C\C(=NC)C1CCN(C(=O)c2c(C)cc(C)c(NC3CCN(c4ccccn4)CC3)c2C)C[C@H]1CO. The molecule has 0 spiro atoms. The summed E-state index contributed by atoms with van der Waals surface area (Å²) in [5.41, 5.74) is 5.85. The first-order valence-corrected chi connectivity index (χ1v) is 13.9. The van der Waals surface area contributed by atoms with Gasteiger partial charge in [-0.1, -0.05) is 18.1 Å². The summed E-state index contributed by atoms with van der Waals surface area (Å²) >= 11 is 0. The number of carbonyl (C=O) groups excluding carboxylic acids is 1. The Morgan fingerprint density at radius 3 is 2.62 bits per heavy atom. The topological polar surface area (TPSA) is 81.1 Å². The number of nitrogens with zero attached hydrogens (tertiary/aromatic N) is 4. The summed E-state index contributed by atoms with van der Waals surface area (Å²) in [5, 5.41) is 14.0. The second-order valence-corrected chi connectivity index (χ2v) is 10.7. The van der Waals surface area contributed by atoms with Gasteiger partial charge in [0.25, 0.3) is 5.91 Å². The molecule has 2 aromatic rings. The number of aliphatic imine (C=N–C) groups is 1. The molecule has 1 aromatic carbocycles. The molecule has 3 heterocycles. The molecule has 2 aliphatic heterocycles. The van der Waals surface area contributed by atoms with Gasteiger partial charge in [0.1, 0.15) is 5.82 Å². The first-order valence-electron chi connectivity index (χ1n) is 13.9. The van der Waals surface area contributed by atoms with Crippen LogP contribution >= 0.6 is 0 Å². The molecule has 7 heteroatoms. The van der Waals surface area contributed by atoms with Crippen molar-refractivity contribution < 1.29 is 9.90 Å². The molecule has 1 unspecified atom stereocenters. The van der Waals surface area contributed by atoms with Crippen molar-refractivity contribution in [2.24, 2.45) is 16.8 Å². The number of benzene rings is 1. The lowest BCUT2D eigenvalue weighted by Gasteiger charge is -2.38. The van der Waals surface area contributed by atoms with E-state index in [-0.39, 0.29) is 24.3 Å². The van der Waals surface area contributed by atoms with Crippen molar-refractivity contribution in [1.29, 1.82) is 0 Å². The molecule has 2 fully saturated rings. The maximum Gasteiger partial charge on any atom is 0.254 e. The molecule has 39 heavy (non-hydrogen) atoms. The van der Waals surface area contributed by atoms with Gasteiger partial charge in [-0.15, -0.1) is 6.42 Å². The van der Waals surface area contributed by atoms with Gasteiger partial charge in [0.15, 0.2) is 0 Å². The fourth-order valence-corrected chi connectivity index (χ4v) is 6.18. The van der Waals surface area contributed by atoms with Crippen LogP contribution in [0.3, 0.4) is 0 Å². The maximum absolute atomic E-state index is 13.9. The fraction of sp³-hybridized carbons (Fsp3) is 0.469. The van der Waals surface area contributed by atoms with Crippen LogP contribution < -0.4 is 10.2 Å². The number of anilines is 2. The smallest absolute Gasteiger partial charge is 0.254 e. The summed E-state index contributed by atoms with van der Waals surface area (Å²) in [6.45, 7) is 9.18. The van der Waals surface area contributed by atoms with Crippen LogP contribution in [-0.4, -0.2) is 72.5 Å². The zero-order valence-corrected chi connectivity index (χ0v) is 23.7. The van der Waals surface area contributed by atoms with Crippen LogP contribution in [0.15, 0.2) is 47.6 Å². The number of pyridine rings is 1. The minimum Gasteiger partial charge on any atom is -0.396 e. The molecule has 1 amide bonds. The predicted molar refractivity (Wildman–Crippen MR) is 160 cm³/mol. The van der Waals surface area contributed by atoms with Gasteiger partial charge in [0.2, 0.25) is 0 Å². The summed E-state index contributed by atoms with van der Waals surface area (Å²) in [5.74, 6) is 3.56. The molecule has 2 N–H and O–H groups in total. The van der Waals surface area contributed by atoms with Gasteiger partial charge in [-0.25, -0.2) is 4.98 Å². The highest BCUT2D eigenvalue weighted by Gasteiger charge is 2.34. The van der Waals surface area contributed by atoms with Crippen LogP contribution in [-0.2, 0) is 0 Å². The van der Waals surface area contributed by atoms with Crippen molar-refractivity contribution in [3.05, 3.63) is 64.9 Å². The highest BCUT2D eigenvalue weighted by Crippen LogP contribution is 2.32. The van der Waals surface area contributed by atoms with Crippen LogP contribution in [0.5, 0.6) is 0 Å². The molecule has 2 aliphatic rings. The maximum atomic E-state index is 13.9. The van der Waals surface area contributed by atoms with Crippen LogP contribution in [0, 0.1) is 45.0 Å². The molecule has 0 aliphatic carbocycles. The lowest BCUT2D eigenvalue weighted by molar-refractivity contribution is 0.0566. The number of hydrogen-bond donors (Lipinski definition) is 2. The molecule has 1 aromatic heterocycles. The molecule has 4 rings (SSSR count). The van der Waals surface area contributed by atoms with Crippen molar-refractivity contribution in [2.45, 2.75) is 46.1 Å². The number of aromatic nitrogens is 1. The first-order chi connectivity index (χ1) is 18.9. The van der Waals surface area contributed by atoms with E-state index in [9.17, 15) is 9.90 Å². The van der Waals surface area contributed by atoms with E-state index in [1.807, 2.05) is 36.2 Å². The van der Waals surface area contributed by atoms with Gasteiger partial charge in [-0.2, -0.15) is 0 Å². The number of aliphatic hydroxyl groups is 1. The van der Waals surface area contributed by atoms with Crippen molar-refractivity contribution in [3.8, 4) is 12.3 Å². The van der Waals surface area contributed by atoms with E-state index in [1.54, 1.807) is 13.1 Å². The third-order valence-electron chi connectivity index (χ3n) is 8.25. The molecule has 0 bridgehead atoms. The van der Waals surface area contributed by atoms with Crippen LogP contribution in [0.25, 0.3) is 0 Å². The molecule has 0 radical (unpaired) electrons. The fourth-order valence-electron chi connectivity index (χ4n) is 6.18. The Kier molecular flexibility index (Phi) is 9.42. The Bertz CT molecular complexity index is 1260. The quantitative estimate of drug-likeness (QED) is 0.412. The van der Waals surface area contributed by atoms with E-state index in [1.165, 1.54) is 0 Å². The number of aryl methyl sites for hydroxylation is 2. The van der Waals surface area contributed by atoms with E-state index in [0.29, 0.717) is 19.1 Å². The van der Waals surface area contributed by atoms with Gasteiger partial charge in [0, 0.05) is 80.9 Å². The Morgan fingerprint density at radius 1 is 1.21 bits per heavy atom. The third-order valence-corrected chi connectivity index (χ3v) is 8.25. The molecular formula is C32H41N5O2. The van der Waals surface area contributed by atoms with Gasteiger partial charge >= 0.3 is 0 Å². The monoisotopic (exact) mass is 527 g/mol. The molecule has 2 atom stereocenters. The highest BCUT2D eigenvalue weighted by atomic mass is 16.3. The van der Waals surface area contributed by atoms with Gasteiger partial charge in [0.05, 0.1) is 0 Å². The number of carbonyl (C=O) groups is 1. The molecular weight excluding hydrogens is 486 g/mol. The number of nitrogens with one attached hydrogen (secondary N) is 1. The number of amides is 1. The van der Waals surface area contributed by atoms with Crippen molar-refractivity contribution >= 4 is 23.1 Å². The van der Waals surface area contributed by atoms with E-state index >= 15 is 0 Å². The van der Waals surface area contributed by atoms with Crippen molar-refractivity contribution in [1.82, 2.24) is 9.88 Å². The number of aliphatic hydroxyl groups excluding tert-OH is 1. The first kappa shape index (κ1) is 28.4. The number of terminal acetylenes is 1. The molecule has 0 saturated carbocycles. The molecule has 2 saturated heterocycles. The van der Waals surface area contributed by atoms with Crippen LogP contribution in [0.2, 0.25) is 0 Å². The average Bonchev–Trinajstić information content (AvgIpc) is 2.96. The van der Waals surface area contributed by atoms with E-state index in [0.717, 1.165) is 71.8 Å². The summed E-state index contributed by atoms with van der Waals surface area (Å²) in [7, 11) is 1.75. The Hall–Kier alpha value is -3.63. The Morgan fingerprint density at radius 2 is 1.97 bits per heavy atom. The lowest BCUT2D eigenvalue weighted by atomic mass is 9.81. The van der Waals surface area contributed by atoms with Crippen LogP contribution in [0.4, 0.5) is 11.5 Å². The second kappa shape index (κ2) is 12.9. The zero-order chi connectivity index (χ0) is 27.9. The normalized spacial score (nSPS) is 20.8. The molecule has 7 nitrogen and oxygen atoms in total. The third kappa shape index (κ3) is 6.34. The highest BCUT2D eigenvalue weighted by molar-refractivity contribution is 6.00. The van der Waals surface area contributed by atoms with E-state index in [2.05, 4.69) is 52.1 Å². The summed E-state index contributed by atoms with van der Waals surface area (Å²) in [6.07, 6.45) is 13.5. The van der Waals surface area contributed by atoms with Crippen molar-refractivity contribution in [3.63, 3.8) is 0 Å². The van der Waals surface area contributed by atoms with Gasteiger partial charge < -0.3 is 20.2 Å². The largest absolute Gasteiger partial charge is 0.396 e. The number of likely N-dealkylation sites (tertiary alicyclic amines) is 1. The average molecular weight is 528 g/mol. The van der Waals surface area contributed by atoms with Gasteiger partial charge in [-0.05, 0) is 81.0 Å². The van der Waals surface area contributed by atoms with E-state index in [4.69, 9.17) is 6.42 Å². The number of hydrogen-bond acceptors (Lipinski definition) is 6. The number of piperidine rings is 2. The minimum atomic E-state index is -0.0863. The standard InChI is InChI=1S/C32H41N5O2/c1-6-7-10-28(33-5)27-14-18-37(20-25(27)21-38)32(39)30-22(2)19-23(3)31(24(30)4)35-26-12-16-36(17-13-26)29-11-8-9-15-34-29/h1,7-11,15,19,25-27,35,38H,12-14,16-18,20-21H2,2-5H3/b10-7-,33-28?/t25-,27?/m0/s1. The second-order valence-electron chi connectivity index (χ2n) is 10.7. The number of allylic oxidation sites excluding steroid dienone is 2. The number of rotatable bonds is 7.